The van der Waals surface area contributed by atoms with Crippen molar-refractivity contribution in [1.29, 1.82) is 0 Å². The summed E-state index contributed by atoms with van der Waals surface area (Å²) in [5.74, 6) is 0. The van der Waals surface area contributed by atoms with Crippen molar-refractivity contribution in [3.8, 4) is 0 Å². The largest absolute Gasteiger partial charge is 0.387 e. The molecule has 162 valence electrons. The van der Waals surface area contributed by atoms with Crippen molar-refractivity contribution < 1.29 is 5.11 Å². The first-order chi connectivity index (χ1) is 14.9. The molecular weight excluding hydrogens is 474 g/mol. The summed E-state index contributed by atoms with van der Waals surface area (Å²) in [6.45, 7) is 2.84. The highest BCUT2D eigenvalue weighted by Crippen LogP contribution is 2.37. The number of hydrogen-bond acceptors (Lipinski definition) is 3. The number of hydrogen-bond donors (Lipinski definition) is 1. The number of aliphatic hydroxyl groups excluding tert-OH is 1. The molecule has 0 spiro atoms. The van der Waals surface area contributed by atoms with Crippen LogP contribution in [0.2, 0.25) is 20.1 Å². The van der Waals surface area contributed by atoms with E-state index in [0.717, 1.165) is 36.4 Å². The Hall–Kier alpha value is -1.46. The molecule has 1 heterocycles. The summed E-state index contributed by atoms with van der Waals surface area (Å²) in [6.07, 6.45) is -0.589. The van der Waals surface area contributed by atoms with Crippen molar-refractivity contribution in [2.24, 2.45) is 0 Å². The number of aliphatic hydroxyl groups is 1. The molecule has 3 aromatic carbocycles. The second-order valence-corrected chi connectivity index (χ2v) is 9.40. The van der Waals surface area contributed by atoms with E-state index in [4.69, 9.17) is 46.4 Å². The quantitative estimate of drug-likeness (QED) is 0.417. The smallest absolute Gasteiger partial charge is 0.0916 e. The third kappa shape index (κ3) is 5.48. The molecule has 0 saturated carbocycles. The standard InChI is InChI=1S/C24H22Cl4N2O/c25-18-5-1-16(2-6-18)23-14-29(15-24(31)17-3-7-19(26)8-4-17)11-12-30(23)22-10-9-20(27)13-21(22)28/h1-10,13,23-24,31H,11-12,14-15H2/t23-,24+/m0/s1. The molecule has 0 aliphatic carbocycles. The first kappa shape index (κ1) is 22.7. The Morgan fingerprint density at radius 2 is 1.42 bits per heavy atom. The van der Waals surface area contributed by atoms with Gasteiger partial charge in [-0.25, -0.2) is 0 Å². The average molecular weight is 496 g/mol. The van der Waals surface area contributed by atoms with Crippen LogP contribution in [0.1, 0.15) is 23.3 Å². The predicted molar refractivity (Wildman–Crippen MR) is 131 cm³/mol. The van der Waals surface area contributed by atoms with Gasteiger partial charge < -0.3 is 10.0 Å². The van der Waals surface area contributed by atoms with Crippen LogP contribution in [-0.2, 0) is 0 Å². The van der Waals surface area contributed by atoms with E-state index in [1.54, 1.807) is 18.2 Å². The minimum Gasteiger partial charge on any atom is -0.387 e. The Balaban J connectivity index is 1.58. The van der Waals surface area contributed by atoms with E-state index in [2.05, 4.69) is 9.80 Å². The van der Waals surface area contributed by atoms with Gasteiger partial charge in [-0.2, -0.15) is 0 Å². The van der Waals surface area contributed by atoms with Crippen molar-refractivity contribution >= 4 is 52.1 Å². The number of anilines is 1. The Labute approximate surface area is 202 Å². The molecule has 31 heavy (non-hydrogen) atoms. The zero-order valence-electron chi connectivity index (χ0n) is 16.7. The van der Waals surface area contributed by atoms with Gasteiger partial charge in [0.2, 0.25) is 0 Å². The Kier molecular flexibility index (Phi) is 7.33. The third-order valence-corrected chi connectivity index (χ3v) is 6.67. The maximum Gasteiger partial charge on any atom is 0.0916 e. The maximum atomic E-state index is 10.8. The van der Waals surface area contributed by atoms with Crippen LogP contribution in [0.4, 0.5) is 5.69 Å². The highest BCUT2D eigenvalue weighted by molar-refractivity contribution is 6.36. The zero-order chi connectivity index (χ0) is 22.0. The zero-order valence-corrected chi connectivity index (χ0v) is 19.7. The van der Waals surface area contributed by atoms with Gasteiger partial charge in [-0.05, 0) is 53.6 Å². The van der Waals surface area contributed by atoms with Crippen LogP contribution in [0.5, 0.6) is 0 Å². The lowest BCUT2D eigenvalue weighted by molar-refractivity contribution is 0.100. The summed E-state index contributed by atoms with van der Waals surface area (Å²) in [7, 11) is 0. The van der Waals surface area contributed by atoms with E-state index in [9.17, 15) is 5.11 Å². The van der Waals surface area contributed by atoms with Gasteiger partial charge in [0.15, 0.2) is 0 Å². The van der Waals surface area contributed by atoms with E-state index in [-0.39, 0.29) is 6.04 Å². The minimum atomic E-state index is -0.589. The van der Waals surface area contributed by atoms with Crippen LogP contribution in [0.3, 0.4) is 0 Å². The lowest BCUT2D eigenvalue weighted by Crippen LogP contribution is -2.49. The normalized spacial score (nSPS) is 18.2. The minimum absolute atomic E-state index is 0.0575. The van der Waals surface area contributed by atoms with Crippen LogP contribution in [0, 0.1) is 0 Å². The second kappa shape index (κ2) is 9.99. The van der Waals surface area contributed by atoms with Crippen LogP contribution in [0.25, 0.3) is 0 Å². The monoisotopic (exact) mass is 494 g/mol. The molecule has 0 aromatic heterocycles. The molecule has 3 nitrogen and oxygen atoms in total. The molecule has 1 aliphatic heterocycles. The summed E-state index contributed by atoms with van der Waals surface area (Å²) in [4.78, 5) is 4.58. The highest BCUT2D eigenvalue weighted by Gasteiger charge is 2.30. The SMILES string of the molecule is O[C@H](CN1CCN(c2ccc(Cl)cc2Cl)[C@H](c2ccc(Cl)cc2)C1)c1ccc(Cl)cc1. The van der Waals surface area contributed by atoms with E-state index >= 15 is 0 Å². The first-order valence-corrected chi connectivity index (χ1v) is 11.5. The van der Waals surface area contributed by atoms with Gasteiger partial charge in [-0.3, -0.25) is 4.90 Å². The lowest BCUT2D eigenvalue weighted by Gasteiger charge is -2.44. The number of β-amino-alcohol motifs (C(OH)–C–C–N with tert-alkyl or cyclic N) is 1. The fraction of sp³-hybridized carbons (Fsp3) is 0.250. The molecule has 0 amide bonds. The average Bonchev–Trinajstić information content (AvgIpc) is 2.75. The molecule has 0 unspecified atom stereocenters. The number of halogens is 4. The summed E-state index contributed by atoms with van der Waals surface area (Å²) < 4.78 is 0. The molecular formula is C24H22Cl4N2O. The number of piperazine rings is 1. The van der Waals surface area contributed by atoms with E-state index in [0.29, 0.717) is 26.6 Å². The van der Waals surface area contributed by atoms with Crippen molar-refractivity contribution in [2.45, 2.75) is 12.1 Å². The van der Waals surface area contributed by atoms with Gasteiger partial charge in [-0.1, -0.05) is 70.7 Å². The number of rotatable bonds is 5. The summed E-state index contributed by atoms with van der Waals surface area (Å²) >= 11 is 24.8. The van der Waals surface area contributed by atoms with Gasteiger partial charge in [0, 0.05) is 41.2 Å². The highest BCUT2D eigenvalue weighted by atomic mass is 35.5. The van der Waals surface area contributed by atoms with Gasteiger partial charge in [-0.15, -0.1) is 0 Å². The predicted octanol–water partition coefficient (Wildman–Crippen LogP) is 6.90. The van der Waals surface area contributed by atoms with E-state index < -0.39 is 6.10 Å². The number of nitrogens with zero attached hydrogens (tertiary/aromatic N) is 2. The topological polar surface area (TPSA) is 26.7 Å². The molecule has 1 saturated heterocycles. The van der Waals surface area contributed by atoms with Crippen molar-refractivity contribution in [3.63, 3.8) is 0 Å². The summed E-state index contributed by atoms with van der Waals surface area (Å²) in [5.41, 5.74) is 2.95. The van der Waals surface area contributed by atoms with Crippen molar-refractivity contribution in [3.05, 3.63) is 97.9 Å². The van der Waals surface area contributed by atoms with Gasteiger partial charge >= 0.3 is 0 Å². The van der Waals surface area contributed by atoms with Gasteiger partial charge in [0.05, 0.1) is 22.9 Å². The Bertz CT molecular complexity index is 1030. The molecule has 1 fully saturated rings. The molecule has 0 bridgehead atoms. The van der Waals surface area contributed by atoms with Crippen LogP contribution in [0.15, 0.2) is 66.7 Å². The molecule has 4 rings (SSSR count). The van der Waals surface area contributed by atoms with Crippen molar-refractivity contribution in [1.82, 2.24) is 4.90 Å². The van der Waals surface area contributed by atoms with Gasteiger partial charge in [0.1, 0.15) is 0 Å². The Morgan fingerprint density at radius 3 is 2.06 bits per heavy atom. The Morgan fingerprint density at radius 1 is 0.806 bits per heavy atom. The molecule has 7 heteroatoms. The molecule has 3 aromatic rings. The first-order valence-electron chi connectivity index (χ1n) is 10.0. The van der Waals surface area contributed by atoms with Crippen LogP contribution < -0.4 is 4.90 Å². The van der Waals surface area contributed by atoms with E-state index in [1.807, 2.05) is 48.5 Å². The lowest BCUT2D eigenvalue weighted by atomic mass is 10.0. The second-order valence-electron chi connectivity index (χ2n) is 7.68. The molecule has 0 radical (unpaired) electrons. The van der Waals surface area contributed by atoms with Crippen LogP contribution in [-0.4, -0.2) is 36.2 Å². The van der Waals surface area contributed by atoms with Crippen molar-refractivity contribution in [2.75, 3.05) is 31.1 Å². The molecule has 1 aliphatic rings. The fourth-order valence-electron chi connectivity index (χ4n) is 4.01. The third-order valence-electron chi connectivity index (χ3n) is 5.62. The maximum absolute atomic E-state index is 10.8. The summed E-state index contributed by atoms with van der Waals surface area (Å²) in [5, 5.41) is 13.4. The van der Waals surface area contributed by atoms with Gasteiger partial charge in [0.25, 0.3) is 0 Å². The molecule has 1 N–H and O–H groups in total. The summed E-state index contributed by atoms with van der Waals surface area (Å²) in [6, 6.07) is 20.9. The fourth-order valence-corrected chi connectivity index (χ4v) is 4.78. The molecule has 2 atom stereocenters. The number of benzene rings is 3. The van der Waals surface area contributed by atoms with Crippen LogP contribution >= 0.6 is 46.4 Å². The van der Waals surface area contributed by atoms with E-state index in [1.165, 1.54) is 0 Å².